The van der Waals surface area contributed by atoms with Gasteiger partial charge in [0.2, 0.25) is 23.2 Å². The maximum atomic E-state index is 13.1. The third-order valence-electron chi connectivity index (χ3n) is 12.3. The molecule has 5 rings (SSSR count). The molecule has 0 aliphatic heterocycles. The van der Waals surface area contributed by atoms with Gasteiger partial charge < -0.3 is 23.9 Å². The Hall–Kier alpha value is -6.55. The highest BCUT2D eigenvalue weighted by molar-refractivity contribution is 6.74. The van der Waals surface area contributed by atoms with Crippen LogP contribution in [0.25, 0.3) is 26.0 Å². The van der Waals surface area contributed by atoms with Crippen LogP contribution in [0.5, 0.6) is 0 Å². The van der Waals surface area contributed by atoms with E-state index in [0.29, 0.717) is 67.9 Å². The summed E-state index contributed by atoms with van der Waals surface area (Å²) >= 11 is 12.7. The quantitative estimate of drug-likeness (QED) is 0.0476. The number of hydrogen-bond acceptors (Lipinski definition) is 10. The molecule has 0 saturated heterocycles. The number of amides is 2. The average molecular weight is 1010 g/mol. The second kappa shape index (κ2) is 23.2. The van der Waals surface area contributed by atoms with Crippen molar-refractivity contribution in [1.29, 1.82) is 5.26 Å². The molecule has 0 aliphatic rings. The summed E-state index contributed by atoms with van der Waals surface area (Å²) in [5.41, 5.74) is 10.3. The monoisotopic (exact) mass is 1000 g/mol. The maximum Gasteiger partial charge on any atom is 0.269 e. The molecular weight excluding hydrogens is 948 g/mol. The summed E-state index contributed by atoms with van der Waals surface area (Å²) in [6.07, 6.45) is 0. The standard InChI is InChI=1S/C25H30ClN5O3Si.C25H28ClN5O2Si/c1-16-19(12-13-20(28-5)22(16)26)29-21(15-34-35(6,7)25(2,3)4)24(33)31-30-23(32)18-10-8-17(14-27)9-11-18;1-16-19(13-14-20(28-6)22(16)26)29-21(15-32-34(7,8)25(2,3)4)24-31-30-23(33-24)17-9-11-18(27-5)12-10-17/h8-13,21,29H,15H2,1-4,6-7H3,(H,30,32)(H,31,33);9-14,21,29H,15H2,1-4,7-8H3/t2*21-/m11/s1. The van der Waals surface area contributed by atoms with Crippen molar-refractivity contribution < 1.29 is 22.9 Å². The van der Waals surface area contributed by atoms with E-state index in [9.17, 15) is 9.59 Å². The van der Waals surface area contributed by atoms with Crippen LogP contribution in [0.15, 0.2) is 77.2 Å². The van der Waals surface area contributed by atoms with Crippen LogP contribution in [0.2, 0.25) is 46.3 Å². The molecule has 5 aromatic rings. The number of aromatic nitrogens is 2. The molecule has 19 heteroatoms. The van der Waals surface area contributed by atoms with Gasteiger partial charge in [-0.05, 0) is 97.6 Å². The smallest absolute Gasteiger partial charge is 0.269 e. The van der Waals surface area contributed by atoms with Crippen molar-refractivity contribution in [3.8, 4) is 17.5 Å². The fourth-order valence-electron chi connectivity index (χ4n) is 5.72. The Labute approximate surface area is 417 Å². The Kier molecular flexibility index (Phi) is 18.5. The highest BCUT2D eigenvalue weighted by atomic mass is 35.5. The number of halogens is 2. The van der Waals surface area contributed by atoms with Gasteiger partial charge in [0.05, 0.1) is 54.6 Å². The van der Waals surface area contributed by atoms with E-state index in [2.05, 4.69) is 114 Å². The van der Waals surface area contributed by atoms with Crippen molar-refractivity contribution in [2.75, 3.05) is 23.8 Å². The summed E-state index contributed by atoms with van der Waals surface area (Å²) in [5.74, 6) is -0.278. The van der Waals surface area contributed by atoms with Gasteiger partial charge in [-0.2, -0.15) is 5.26 Å². The number of hydrogen-bond donors (Lipinski definition) is 4. The largest absolute Gasteiger partial charge is 0.418 e. The van der Waals surface area contributed by atoms with Gasteiger partial charge in [-0.1, -0.05) is 101 Å². The normalized spacial score (nSPS) is 12.4. The first-order valence-electron chi connectivity index (χ1n) is 21.8. The van der Waals surface area contributed by atoms with E-state index in [1.54, 1.807) is 49.4 Å². The first-order chi connectivity index (χ1) is 32.3. The van der Waals surface area contributed by atoms with Gasteiger partial charge in [0.15, 0.2) is 22.3 Å². The van der Waals surface area contributed by atoms with E-state index in [0.717, 1.165) is 16.8 Å². The lowest BCUT2D eigenvalue weighted by Crippen LogP contribution is -2.52. The van der Waals surface area contributed by atoms with Crippen LogP contribution in [0.3, 0.4) is 0 Å². The molecule has 360 valence electrons. The Morgan fingerprint density at radius 2 is 1.23 bits per heavy atom. The third-order valence-corrected chi connectivity index (χ3v) is 22.3. The Morgan fingerprint density at radius 3 is 1.71 bits per heavy atom. The lowest BCUT2D eigenvalue weighted by molar-refractivity contribution is -0.123. The van der Waals surface area contributed by atoms with E-state index < -0.39 is 40.5 Å². The second-order valence-corrected chi connectivity index (χ2v) is 29.5. The number of benzene rings is 4. The van der Waals surface area contributed by atoms with Gasteiger partial charge in [0, 0.05) is 22.5 Å². The van der Waals surface area contributed by atoms with Crippen molar-refractivity contribution in [2.45, 2.75) is 104 Å². The zero-order chi connectivity index (χ0) is 51.5. The van der Waals surface area contributed by atoms with E-state index in [1.807, 2.05) is 19.1 Å². The molecule has 1 heterocycles. The molecular formula is C50H58Cl2N10O5Si2. The minimum atomic E-state index is -2.18. The molecule has 0 saturated carbocycles. The fourth-order valence-corrected chi connectivity index (χ4v) is 8.17. The topological polar surface area (TPSA) is 177 Å². The number of rotatable bonds is 14. The Morgan fingerprint density at radius 1 is 0.725 bits per heavy atom. The minimum absolute atomic E-state index is 0.0404. The van der Waals surface area contributed by atoms with Gasteiger partial charge in [-0.15, -0.1) is 10.2 Å². The zero-order valence-corrected chi connectivity index (χ0v) is 44.5. The third kappa shape index (κ3) is 14.3. The van der Waals surface area contributed by atoms with Crippen molar-refractivity contribution in [3.05, 3.63) is 145 Å². The first-order valence-corrected chi connectivity index (χ1v) is 28.4. The zero-order valence-electron chi connectivity index (χ0n) is 41.0. The number of anilines is 2. The molecule has 2 amide bonds. The lowest BCUT2D eigenvalue weighted by Gasteiger charge is -2.37. The van der Waals surface area contributed by atoms with Gasteiger partial charge in [-0.25, -0.2) is 14.5 Å². The van der Waals surface area contributed by atoms with E-state index in [4.69, 9.17) is 61.4 Å². The van der Waals surface area contributed by atoms with Crippen molar-refractivity contribution >= 4 is 80.1 Å². The highest BCUT2D eigenvalue weighted by Gasteiger charge is 2.39. The summed E-state index contributed by atoms with van der Waals surface area (Å²) in [6, 6.07) is 20.5. The van der Waals surface area contributed by atoms with Crippen LogP contribution in [0, 0.1) is 44.9 Å². The molecule has 0 unspecified atom stereocenters. The summed E-state index contributed by atoms with van der Waals surface area (Å²) in [5, 5.41) is 24.7. The van der Waals surface area contributed by atoms with Crippen LogP contribution in [-0.2, 0) is 13.6 Å². The highest BCUT2D eigenvalue weighted by Crippen LogP contribution is 2.40. The SMILES string of the molecule is [C-]#[N+]c1ccc(-c2nnc([C@@H](CO[Si](C)(C)C(C)(C)C)Nc3ccc([N+]#[C-])c(Cl)c3C)o2)cc1.[C-]#[N+]c1ccc(N[C@H](CO[Si](C)(C)C(C)(C)C)C(=O)NNC(=O)c2ccc(C#N)cc2)c(C)c1Cl. The number of nitrogens with zero attached hydrogens (tertiary/aromatic N) is 6. The fraction of sp³-hybridized carbons (Fsp3) is 0.360. The predicted molar refractivity (Wildman–Crippen MR) is 278 cm³/mol. The molecule has 0 radical (unpaired) electrons. The van der Waals surface area contributed by atoms with Gasteiger partial charge >= 0.3 is 0 Å². The molecule has 0 fully saturated rings. The van der Waals surface area contributed by atoms with Crippen LogP contribution in [0.4, 0.5) is 28.4 Å². The number of nitrogens with one attached hydrogen (secondary N) is 4. The van der Waals surface area contributed by atoms with Crippen molar-refractivity contribution in [2.24, 2.45) is 0 Å². The predicted octanol–water partition coefficient (Wildman–Crippen LogP) is 13.3. The van der Waals surface area contributed by atoms with E-state index in [1.165, 1.54) is 24.3 Å². The summed E-state index contributed by atoms with van der Waals surface area (Å²) in [6.45, 7) is 47.1. The van der Waals surface area contributed by atoms with Crippen LogP contribution < -0.4 is 21.5 Å². The molecule has 69 heavy (non-hydrogen) atoms. The molecule has 0 spiro atoms. The molecule has 0 bridgehead atoms. The van der Waals surface area contributed by atoms with Crippen molar-refractivity contribution in [1.82, 2.24) is 21.0 Å². The number of hydrazine groups is 1. The molecule has 15 nitrogen and oxygen atoms in total. The Bertz CT molecular complexity index is 2810. The summed E-state index contributed by atoms with van der Waals surface area (Å²) in [4.78, 5) is 35.8. The van der Waals surface area contributed by atoms with Gasteiger partial charge in [0.1, 0.15) is 12.1 Å². The number of carbonyl (C=O) groups excluding carboxylic acids is 2. The first kappa shape index (κ1) is 55.1. The molecule has 1 aromatic heterocycles. The number of nitriles is 1. The summed E-state index contributed by atoms with van der Waals surface area (Å²) < 4.78 is 18.8. The van der Waals surface area contributed by atoms with Crippen LogP contribution in [-0.4, -0.2) is 57.9 Å². The maximum absolute atomic E-state index is 13.1. The van der Waals surface area contributed by atoms with Crippen LogP contribution in [0.1, 0.15) is 80.5 Å². The Balaban J connectivity index is 0.000000301. The summed E-state index contributed by atoms with van der Waals surface area (Å²) in [7, 11) is -4.22. The average Bonchev–Trinajstić information content (AvgIpc) is 3.81. The van der Waals surface area contributed by atoms with E-state index >= 15 is 0 Å². The molecule has 4 aromatic carbocycles. The van der Waals surface area contributed by atoms with E-state index in [-0.39, 0.29) is 16.7 Å². The van der Waals surface area contributed by atoms with Crippen LogP contribution >= 0.6 is 23.2 Å². The van der Waals surface area contributed by atoms with Crippen molar-refractivity contribution in [3.63, 3.8) is 0 Å². The minimum Gasteiger partial charge on any atom is -0.418 e. The lowest BCUT2D eigenvalue weighted by atomic mass is 10.1. The second-order valence-electron chi connectivity index (χ2n) is 19.1. The van der Waals surface area contributed by atoms with Gasteiger partial charge in [0.25, 0.3) is 11.8 Å². The molecule has 2 atom stereocenters. The van der Waals surface area contributed by atoms with Gasteiger partial charge in [-0.3, -0.25) is 20.4 Å². The number of carbonyl (C=O) groups is 2. The molecule has 4 N–H and O–H groups in total. The molecule has 0 aliphatic carbocycles.